The molecule has 0 aromatic carbocycles. The van der Waals surface area contributed by atoms with Gasteiger partial charge in [0.25, 0.3) is 0 Å². The summed E-state index contributed by atoms with van der Waals surface area (Å²) in [5.41, 5.74) is 0. The SMILES string of the molecule is CC1C(=O)NCC(=O)N1C1CCCC1. The van der Waals surface area contributed by atoms with Gasteiger partial charge in [-0.1, -0.05) is 12.8 Å². The van der Waals surface area contributed by atoms with Gasteiger partial charge in [-0.25, -0.2) is 0 Å². The minimum atomic E-state index is -0.278. The molecule has 1 aliphatic carbocycles. The van der Waals surface area contributed by atoms with Crippen LogP contribution in [-0.2, 0) is 9.59 Å². The highest BCUT2D eigenvalue weighted by molar-refractivity contribution is 5.94. The molecule has 1 saturated heterocycles. The molecule has 1 aliphatic heterocycles. The summed E-state index contributed by atoms with van der Waals surface area (Å²) in [7, 11) is 0. The van der Waals surface area contributed by atoms with Crippen LogP contribution in [0.15, 0.2) is 0 Å². The third-order valence-electron chi connectivity index (χ3n) is 3.22. The summed E-state index contributed by atoms with van der Waals surface area (Å²) in [5, 5.41) is 2.60. The summed E-state index contributed by atoms with van der Waals surface area (Å²) < 4.78 is 0. The third-order valence-corrected chi connectivity index (χ3v) is 3.22. The van der Waals surface area contributed by atoms with E-state index in [9.17, 15) is 9.59 Å². The monoisotopic (exact) mass is 196 g/mol. The fraction of sp³-hybridized carbons (Fsp3) is 0.800. The van der Waals surface area contributed by atoms with E-state index in [2.05, 4.69) is 5.32 Å². The van der Waals surface area contributed by atoms with Crippen molar-refractivity contribution in [3.63, 3.8) is 0 Å². The minimum Gasteiger partial charge on any atom is -0.345 e. The van der Waals surface area contributed by atoms with Crippen molar-refractivity contribution in [2.75, 3.05) is 6.54 Å². The van der Waals surface area contributed by atoms with Crippen molar-refractivity contribution in [3.05, 3.63) is 0 Å². The van der Waals surface area contributed by atoms with Crippen LogP contribution in [0.3, 0.4) is 0 Å². The second-order valence-corrected chi connectivity index (χ2v) is 4.13. The predicted molar refractivity (Wildman–Crippen MR) is 51.6 cm³/mol. The first-order valence-electron chi connectivity index (χ1n) is 5.29. The standard InChI is InChI=1S/C10H16N2O2/c1-7-10(14)11-6-9(13)12(7)8-4-2-3-5-8/h7-8H,2-6H2,1H3,(H,11,14). The smallest absolute Gasteiger partial charge is 0.242 e. The van der Waals surface area contributed by atoms with E-state index in [0.29, 0.717) is 6.04 Å². The van der Waals surface area contributed by atoms with Crippen LogP contribution in [0.25, 0.3) is 0 Å². The molecule has 2 rings (SSSR count). The third kappa shape index (κ3) is 1.49. The molecule has 2 aliphatic rings. The van der Waals surface area contributed by atoms with Crippen molar-refractivity contribution in [1.29, 1.82) is 0 Å². The van der Waals surface area contributed by atoms with E-state index in [1.165, 1.54) is 12.8 Å². The highest BCUT2D eigenvalue weighted by atomic mass is 16.2. The van der Waals surface area contributed by atoms with Gasteiger partial charge in [0.2, 0.25) is 11.8 Å². The Bertz CT molecular complexity index is 259. The number of nitrogens with one attached hydrogen (secondary N) is 1. The lowest BCUT2D eigenvalue weighted by Gasteiger charge is -2.37. The molecule has 1 atom stereocenters. The number of hydrogen-bond acceptors (Lipinski definition) is 2. The Kier molecular flexibility index (Phi) is 2.44. The summed E-state index contributed by atoms with van der Waals surface area (Å²) >= 11 is 0. The van der Waals surface area contributed by atoms with Gasteiger partial charge in [-0.2, -0.15) is 0 Å². The lowest BCUT2D eigenvalue weighted by molar-refractivity contribution is -0.147. The fourth-order valence-corrected chi connectivity index (χ4v) is 2.45. The number of hydrogen-bond donors (Lipinski definition) is 1. The molecule has 0 aromatic heterocycles. The molecule has 78 valence electrons. The second-order valence-electron chi connectivity index (χ2n) is 4.13. The average molecular weight is 196 g/mol. The zero-order valence-corrected chi connectivity index (χ0v) is 8.45. The van der Waals surface area contributed by atoms with Crippen LogP contribution in [0, 0.1) is 0 Å². The van der Waals surface area contributed by atoms with E-state index in [0.717, 1.165) is 12.8 Å². The lowest BCUT2D eigenvalue weighted by atomic mass is 10.1. The first-order chi connectivity index (χ1) is 6.70. The Labute approximate surface area is 83.6 Å². The number of amides is 2. The molecule has 4 nitrogen and oxygen atoms in total. The van der Waals surface area contributed by atoms with Gasteiger partial charge in [0.1, 0.15) is 6.04 Å². The molecule has 14 heavy (non-hydrogen) atoms. The first-order valence-corrected chi connectivity index (χ1v) is 5.29. The molecule has 0 spiro atoms. The number of piperazine rings is 1. The van der Waals surface area contributed by atoms with E-state index in [4.69, 9.17) is 0 Å². The Balaban J connectivity index is 2.12. The molecule has 1 heterocycles. The van der Waals surface area contributed by atoms with E-state index < -0.39 is 0 Å². The maximum atomic E-state index is 11.6. The molecule has 1 saturated carbocycles. The van der Waals surface area contributed by atoms with Crippen molar-refractivity contribution in [3.8, 4) is 0 Å². The number of carbonyl (C=O) groups is 2. The maximum absolute atomic E-state index is 11.6. The first kappa shape index (κ1) is 9.49. The molecular formula is C10H16N2O2. The Morgan fingerprint density at radius 2 is 1.93 bits per heavy atom. The quantitative estimate of drug-likeness (QED) is 0.654. The van der Waals surface area contributed by atoms with E-state index in [1.807, 2.05) is 6.92 Å². The van der Waals surface area contributed by atoms with Gasteiger partial charge in [0.15, 0.2) is 0 Å². The normalized spacial score (nSPS) is 29.5. The van der Waals surface area contributed by atoms with Crippen molar-refractivity contribution in [2.24, 2.45) is 0 Å². The van der Waals surface area contributed by atoms with Crippen LogP contribution in [-0.4, -0.2) is 35.3 Å². The summed E-state index contributed by atoms with van der Waals surface area (Å²) in [6.45, 7) is 1.99. The Hall–Kier alpha value is -1.06. The molecule has 1 unspecified atom stereocenters. The largest absolute Gasteiger partial charge is 0.345 e. The molecule has 0 radical (unpaired) electrons. The maximum Gasteiger partial charge on any atom is 0.242 e. The van der Waals surface area contributed by atoms with Crippen LogP contribution in [0.2, 0.25) is 0 Å². The summed E-state index contributed by atoms with van der Waals surface area (Å²) in [5.74, 6) is 0.0560. The van der Waals surface area contributed by atoms with Crippen LogP contribution in [0.5, 0.6) is 0 Å². The predicted octanol–water partition coefficient (Wildman–Crippen LogP) is 0.276. The van der Waals surface area contributed by atoms with E-state index in [-0.39, 0.29) is 24.4 Å². The molecule has 4 heteroatoms. The average Bonchev–Trinajstić information content (AvgIpc) is 2.65. The Morgan fingerprint density at radius 1 is 1.29 bits per heavy atom. The van der Waals surface area contributed by atoms with Gasteiger partial charge >= 0.3 is 0 Å². The Morgan fingerprint density at radius 3 is 2.57 bits per heavy atom. The number of carbonyl (C=O) groups excluding carboxylic acids is 2. The number of nitrogens with zero attached hydrogens (tertiary/aromatic N) is 1. The van der Waals surface area contributed by atoms with Gasteiger partial charge in [-0.3, -0.25) is 9.59 Å². The zero-order chi connectivity index (χ0) is 10.1. The van der Waals surface area contributed by atoms with Crippen LogP contribution < -0.4 is 5.32 Å². The topological polar surface area (TPSA) is 49.4 Å². The fourth-order valence-electron chi connectivity index (χ4n) is 2.45. The van der Waals surface area contributed by atoms with Gasteiger partial charge in [0, 0.05) is 6.04 Å². The zero-order valence-electron chi connectivity index (χ0n) is 8.45. The molecule has 1 N–H and O–H groups in total. The van der Waals surface area contributed by atoms with Crippen LogP contribution in [0.1, 0.15) is 32.6 Å². The highest BCUT2D eigenvalue weighted by Crippen LogP contribution is 2.26. The van der Waals surface area contributed by atoms with E-state index in [1.54, 1.807) is 4.90 Å². The van der Waals surface area contributed by atoms with Gasteiger partial charge < -0.3 is 10.2 Å². The van der Waals surface area contributed by atoms with Crippen molar-refractivity contribution in [2.45, 2.75) is 44.7 Å². The number of rotatable bonds is 1. The van der Waals surface area contributed by atoms with Gasteiger partial charge in [0.05, 0.1) is 6.54 Å². The summed E-state index contributed by atoms with van der Waals surface area (Å²) in [6, 6.07) is 0.0305. The molecule has 2 fully saturated rings. The van der Waals surface area contributed by atoms with E-state index >= 15 is 0 Å². The van der Waals surface area contributed by atoms with Crippen molar-refractivity contribution in [1.82, 2.24) is 10.2 Å². The summed E-state index contributed by atoms with van der Waals surface area (Å²) in [6.07, 6.45) is 4.48. The van der Waals surface area contributed by atoms with Crippen LogP contribution in [0.4, 0.5) is 0 Å². The van der Waals surface area contributed by atoms with Crippen molar-refractivity contribution >= 4 is 11.8 Å². The second kappa shape index (κ2) is 3.59. The highest BCUT2D eigenvalue weighted by Gasteiger charge is 2.36. The molecule has 0 bridgehead atoms. The summed E-state index contributed by atoms with van der Waals surface area (Å²) in [4.78, 5) is 24.8. The molecule has 0 aromatic rings. The minimum absolute atomic E-state index is 0.0171. The van der Waals surface area contributed by atoms with Crippen LogP contribution >= 0.6 is 0 Å². The van der Waals surface area contributed by atoms with Crippen molar-refractivity contribution < 1.29 is 9.59 Å². The molecular weight excluding hydrogens is 180 g/mol. The lowest BCUT2D eigenvalue weighted by Crippen LogP contribution is -2.59. The molecule has 2 amide bonds. The van der Waals surface area contributed by atoms with Gasteiger partial charge in [-0.05, 0) is 19.8 Å². The van der Waals surface area contributed by atoms with Gasteiger partial charge in [-0.15, -0.1) is 0 Å².